The van der Waals surface area contributed by atoms with Crippen molar-refractivity contribution in [1.82, 2.24) is 5.32 Å². The first-order valence-electron chi connectivity index (χ1n) is 10.2. The van der Waals surface area contributed by atoms with E-state index in [1.807, 2.05) is 0 Å². The molecule has 4 heteroatoms. The van der Waals surface area contributed by atoms with Crippen LogP contribution in [-0.2, 0) is 11.2 Å². The molecule has 0 aliphatic heterocycles. The molecule has 2 aromatic rings. The average Bonchev–Trinajstić information content (AvgIpc) is 2.66. The van der Waals surface area contributed by atoms with Crippen molar-refractivity contribution in [3.63, 3.8) is 0 Å². The molecule has 0 aliphatic carbocycles. The van der Waals surface area contributed by atoms with Crippen LogP contribution >= 0.6 is 0 Å². The highest BCUT2D eigenvalue weighted by Gasteiger charge is 2.17. The first-order chi connectivity index (χ1) is 13.4. The Hall–Kier alpha value is -1.78. The van der Waals surface area contributed by atoms with Crippen molar-refractivity contribution in [3.05, 3.63) is 70.3 Å². The molecule has 0 fully saturated rings. The number of halogens is 2. The minimum absolute atomic E-state index is 0.0734. The van der Waals surface area contributed by atoms with E-state index in [2.05, 4.69) is 51.2 Å². The highest BCUT2D eigenvalue weighted by atomic mass is 19.1. The van der Waals surface area contributed by atoms with Gasteiger partial charge in [-0.2, -0.15) is 0 Å². The van der Waals surface area contributed by atoms with Crippen LogP contribution < -0.4 is 5.32 Å². The molecule has 28 heavy (non-hydrogen) atoms. The first kappa shape index (κ1) is 22.5. The Labute approximate surface area is 168 Å². The molecule has 0 aliphatic rings. The molecular weight excluding hydrogens is 356 g/mol. The van der Waals surface area contributed by atoms with Crippen LogP contribution in [0.3, 0.4) is 0 Å². The van der Waals surface area contributed by atoms with Crippen LogP contribution in [0.25, 0.3) is 0 Å². The van der Waals surface area contributed by atoms with Crippen LogP contribution in [0.15, 0.2) is 36.4 Å². The van der Waals surface area contributed by atoms with Crippen molar-refractivity contribution in [3.8, 4) is 0 Å². The van der Waals surface area contributed by atoms with E-state index < -0.39 is 11.6 Å². The lowest BCUT2D eigenvalue weighted by Crippen LogP contribution is -2.28. The van der Waals surface area contributed by atoms with Crippen molar-refractivity contribution in [2.75, 3.05) is 19.7 Å². The average molecular weight is 390 g/mol. The van der Waals surface area contributed by atoms with Crippen molar-refractivity contribution in [2.24, 2.45) is 5.92 Å². The number of benzene rings is 2. The Morgan fingerprint density at radius 3 is 2.18 bits per heavy atom. The molecule has 0 radical (unpaired) electrons. The summed E-state index contributed by atoms with van der Waals surface area (Å²) in [5.74, 6) is -0.356. The van der Waals surface area contributed by atoms with Crippen LogP contribution in [0.1, 0.15) is 55.0 Å². The molecule has 0 bridgehead atoms. The standard InChI is InChI=1S/C24H33F2NO/c1-5-17(2)15-27-16-23(24-18(3)9-6-10-19(24)4)28-14-8-11-20-21(25)12-7-13-22(20)26/h6-7,9-10,12-13,17,23,27H,5,8,11,14-16H2,1-4H3. The van der Waals surface area contributed by atoms with Gasteiger partial charge in [0.05, 0.1) is 6.10 Å². The van der Waals surface area contributed by atoms with Gasteiger partial charge in [0.25, 0.3) is 0 Å². The van der Waals surface area contributed by atoms with Crippen molar-refractivity contribution in [2.45, 2.75) is 53.1 Å². The molecule has 0 saturated carbocycles. The molecule has 154 valence electrons. The van der Waals surface area contributed by atoms with Gasteiger partial charge in [-0.05, 0) is 68.0 Å². The molecule has 0 aromatic heterocycles. The second kappa shape index (κ2) is 11.3. The van der Waals surface area contributed by atoms with Crippen LogP contribution in [0.4, 0.5) is 8.78 Å². The summed E-state index contributed by atoms with van der Waals surface area (Å²) in [5, 5.41) is 3.52. The molecule has 0 saturated heterocycles. The molecule has 1 N–H and O–H groups in total. The number of rotatable bonds is 11. The Balaban J connectivity index is 1.99. The van der Waals surface area contributed by atoms with E-state index >= 15 is 0 Å². The molecule has 0 heterocycles. The van der Waals surface area contributed by atoms with Gasteiger partial charge in [-0.3, -0.25) is 0 Å². The molecular formula is C24H33F2NO. The number of aryl methyl sites for hydroxylation is 2. The molecule has 0 amide bonds. The second-order valence-electron chi connectivity index (χ2n) is 7.64. The summed E-state index contributed by atoms with van der Waals surface area (Å²) in [6, 6.07) is 10.3. The van der Waals surface area contributed by atoms with Gasteiger partial charge in [0.1, 0.15) is 11.6 Å². The molecule has 2 aromatic carbocycles. The fraction of sp³-hybridized carbons (Fsp3) is 0.500. The second-order valence-corrected chi connectivity index (χ2v) is 7.64. The van der Waals surface area contributed by atoms with Gasteiger partial charge >= 0.3 is 0 Å². The van der Waals surface area contributed by atoms with Crippen LogP contribution in [0.5, 0.6) is 0 Å². The van der Waals surface area contributed by atoms with Gasteiger partial charge in [-0.25, -0.2) is 8.78 Å². The van der Waals surface area contributed by atoms with E-state index in [1.54, 1.807) is 0 Å². The highest BCUT2D eigenvalue weighted by molar-refractivity contribution is 5.35. The Morgan fingerprint density at radius 2 is 1.57 bits per heavy atom. The fourth-order valence-corrected chi connectivity index (χ4v) is 3.43. The summed E-state index contributed by atoms with van der Waals surface area (Å²) in [6.07, 6.45) is 1.97. The Morgan fingerprint density at radius 1 is 0.964 bits per heavy atom. The van der Waals surface area contributed by atoms with E-state index in [4.69, 9.17) is 4.74 Å². The quantitative estimate of drug-likeness (QED) is 0.483. The molecule has 2 nitrogen and oxygen atoms in total. The lowest BCUT2D eigenvalue weighted by atomic mass is 9.97. The summed E-state index contributed by atoms with van der Waals surface area (Å²) >= 11 is 0. The van der Waals surface area contributed by atoms with Crippen molar-refractivity contribution < 1.29 is 13.5 Å². The third-order valence-electron chi connectivity index (χ3n) is 5.34. The van der Waals surface area contributed by atoms with Gasteiger partial charge in [-0.1, -0.05) is 44.5 Å². The number of ether oxygens (including phenoxy) is 1. The third kappa shape index (κ3) is 6.39. The number of nitrogens with one attached hydrogen (secondary N) is 1. The predicted octanol–water partition coefficient (Wildman–Crippen LogP) is 5.91. The molecule has 2 unspecified atom stereocenters. The van der Waals surface area contributed by atoms with Gasteiger partial charge in [0, 0.05) is 18.7 Å². The fourth-order valence-electron chi connectivity index (χ4n) is 3.43. The van der Waals surface area contributed by atoms with Gasteiger partial charge in [-0.15, -0.1) is 0 Å². The normalized spacial score (nSPS) is 13.5. The smallest absolute Gasteiger partial charge is 0.129 e. The SMILES string of the molecule is CCC(C)CNCC(OCCCc1c(F)cccc1F)c1c(C)cccc1C. The Kier molecular flexibility index (Phi) is 9.07. The van der Waals surface area contributed by atoms with Gasteiger partial charge in [0.15, 0.2) is 0 Å². The molecule has 0 spiro atoms. The Bertz CT molecular complexity index is 707. The van der Waals surface area contributed by atoms with Crippen LogP contribution in [0.2, 0.25) is 0 Å². The monoisotopic (exact) mass is 389 g/mol. The van der Waals surface area contributed by atoms with Crippen molar-refractivity contribution in [1.29, 1.82) is 0 Å². The maximum Gasteiger partial charge on any atom is 0.129 e. The minimum atomic E-state index is -0.485. The number of hydrogen-bond donors (Lipinski definition) is 1. The molecule has 2 atom stereocenters. The summed E-state index contributed by atoms with van der Waals surface area (Å²) in [4.78, 5) is 0. The highest BCUT2D eigenvalue weighted by Crippen LogP contribution is 2.25. The van der Waals surface area contributed by atoms with E-state index in [-0.39, 0.29) is 11.7 Å². The summed E-state index contributed by atoms with van der Waals surface area (Å²) in [7, 11) is 0. The summed E-state index contributed by atoms with van der Waals surface area (Å²) in [5.41, 5.74) is 3.76. The van der Waals surface area contributed by atoms with Gasteiger partial charge < -0.3 is 10.1 Å². The zero-order valence-electron chi connectivity index (χ0n) is 17.5. The van der Waals surface area contributed by atoms with E-state index in [0.29, 0.717) is 25.4 Å². The predicted molar refractivity (Wildman–Crippen MR) is 112 cm³/mol. The van der Waals surface area contributed by atoms with Crippen molar-refractivity contribution >= 4 is 0 Å². The zero-order chi connectivity index (χ0) is 20.5. The van der Waals surface area contributed by atoms with E-state index in [9.17, 15) is 8.78 Å². The van der Waals surface area contributed by atoms with Crippen LogP contribution in [0, 0.1) is 31.4 Å². The largest absolute Gasteiger partial charge is 0.372 e. The summed E-state index contributed by atoms with van der Waals surface area (Å²) < 4.78 is 33.8. The maximum absolute atomic E-state index is 13.8. The maximum atomic E-state index is 13.8. The van der Waals surface area contributed by atoms with Gasteiger partial charge in [0.2, 0.25) is 0 Å². The topological polar surface area (TPSA) is 21.3 Å². The molecule has 2 rings (SSSR count). The minimum Gasteiger partial charge on any atom is -0.372 e. The lowest BCUT2D eigenvalue weighted by molar-refractivity contribution is 0.0496. The first-order valence-corrected chi connectivity index (χ1v) is 10.2. The zero-order valence-corrected chi connectivity index (χ0v) is 17.5. The van der Waals surface area contributed by atoms with E-state index in [1.165, 1.54) is 34.9 Å². The van der Waals surface area contributed by atoms with E-state index in [0.717, 1.165) is 19.5 Å². The third-order valence-corrected chi connectivity index (χ3v) is 5.34. The van der Waals surface area contributed by atoms with Crippen LogP contribution in [-0.4, -0.2) is 19.7 Å². The lowest BCUT2D eigenvalue weighted by Gasteiger charge is -2.23. The number of hydrogen-bond acceptors (Lipinski definition) is 2. The summed E-state index contributed by atoms with van der Waals surface area (Å²) in [6.45, 7) is 10.7.